The van der Waals surface area contributed by atoms with Gasteiger partial charge in [-0.1, -0.05) is 25.7 Å². The fraction of sp³-hybridized carbons (Fsp3) is 0.833. The molecule has 0 spiro atoms. The van der Waals surface area contributed by atoms with Crippen molar-refractivity contribution in [2.75, 3.05) is 0 Å². The molecule has 0 aliphatic heterocycles. The molecule has 9 heavy (non-hydrogen) atoms. The van der Waals surface area contributed by atoms with E-state index in [-0.39, 0.29) is 98.1 Å². The Balaban J connectivity index is -0.000000120. The Labute approximate surface area is 134 Å². The fourth-order valence-corrected chi connectivity index (χ4v) is 1.01. The average molecular weight is 350 g/mol. The summed E-state index contributed by atoms with van der Waals surface area (Å²) < 4.78 is 0. The summed E-state index contributed by atoms with van der Waals surface area (Å²) in [7, 11) is 0. The fourth-order valence-electron chi connectivity index (χ4n) is 1.01. The first kappa shape index (κ1) is 18.2. The zero-order valence-electron chi connectivity index (χ0n) is 5.84. The number of hydrogen-bond donors (Lipinski definition) is 0. The summed E-state index contributed by atoms with van der Waals surface area (Å²) in [5, 5.41) is 0. The normalized spacial score (nSPS) is 17.0. The van der Waals surface area contributed by atoms with Crippen molar-refractivity contribution < 1.29 is 98.1 Å². The molecule has 0 heterocycles. The summed E-state index contributed by atoms with van der Waals surface area (Å²) in [6.45, 7) is 3.94. The first-order chi connectivity index (χ1) is 2.89. The minimum Gasteiger partial charge on any atom is -0.340 e. The molecule has 3 heteroatoms. The van der Waals surface area contributed by atoms with Crippen LogP contribution in [0.2, 0.25) is 0 Å². The van der Waals surface area contributed by atoms with E-state index in [1.165, 1.54) is 25.7 Å². The Bertz CT molecular complexity index is 41.6. The standard InChI is InChI=1S/C6H11.3Y/c1-6-4-2-3-5-6;;;/h6H,1-5H2;;;/q-1;;;. The monoisotopic (exact) mass is 350 g/mol. The molecule has 0 amide bonds. The predicted molar refractivity (Wildman–Crippen MR) is 27.3 cm³/mol. The zero-order chi connectivity index (χ0) is 4.41. The smallest absolute Gasteiger partial charge is 0 e. The third-order valence-corrected chi connectivity index (χ3v) is 1.47. The van der Waals surface area contributed by atoms with Crippen LogP contribution < -0.4 is 0 Å². The summed E-state index contributed by atoms with van der Waals surface area (Å²) in [4.78, 5) is 0. The van der Waals surface area contributed by atoms with Gasteiger partial charge in [0, 0.05) is 98.1 Å². The summed E-state index contributed by atoms with van der Waals surface area (Å²) in [5.41, 5.74) is 0. The molecular weight excluding hydrogens is 339 g/mol. The molecule has 0 saturated heterocycles. The van der Waals surface area contributed by atoms with Gasteiger partial charge >= 0.3 is 0 Å². The average Bonchev–Trinajstić information content (AvgIpc) is 1.86. The van der Waals surface area contributed by atoms with Crippen molar-refractivity contribution in [1.82, 2.24) is 0 Å². The van der Waals surface area contributed by atoms with Crippen LogP contribution in [0.5, 0.6) is 0 Å². The minimum absolute atomic E-state index is 0. The van der Waals surface area contributed by atoms with Crippen LogP contribution in [0.15, 0.2) is 0 Å². The van der Waals surface area contributed by atoms with E-state index in [2.05, 4.69) is 6.92 Å². The molecule has 0 aromatic carbocycles. The molecule has 1 aliphatic rings. The molecule has 0 N–H and O–H groups in total. The van der Waals surface area contributed by atoms with Gasteiger partial charge in [0.05, 0.1) is 0 Å². The zero-order valence-corrected chi connectivity index (χ0v) is 14.4. The van der Waals surface area contributed by atoms with E-state index in [0.717, 1.165) is 5.92 Å². The topological polar surface area (TPSA) is 0 Å². The molecule has 0 aromatic heterocycles. The van der Waals surface area contributed by atoms with Crippen molar-refractivity contribution in [3.05, 3.63) is 6.92 Å². The molecule has 1 saturated carbocycles. The molecule has 0 aromatic rings. The maximum Gasteiger partial charge on any atom is 0 e. The molecule has 0 nitrogen and oxygen atoms in total. The quantitative estimate of drug-likeness (QED) is 0.587. The Morgan fingerprint density at radius 2 is 1.22 bits per heavy atom. The number of rotatable bonds is 0. The van der Waals surface area contributed by atoms with E-state index in [1.54, 1.807) is 0 Å². The summed E-state index contributed by atoms with van der Waals surface area (Å²) >= 11 is 0. The molecule has 3 radical (unpaired) electrons. The Kier molecular flexibility index (Phi) is 22.8. The Morgan fingerprint density at radius 1 is 0.889 bits per heavy atom. The first-order valence-corrected chi connectivity index (χ1v) is 2.72. The van der Waals surface area contributed by atoms with E-state index < -0.39 is 0 Å². The van der Waals surface area contributed by atoms with Crippen molar-refractivity contribution in [2.24, 2.45) is 5.92 Å². The van der Waals surface area contributed by atoms with Crippen LogP contribution in [0, 0.1) is 12.8 Å². The second kappa shape index (κ2) is 11.3. The second-order valence-corrected chi connectivity index (χ2v) is 2.15. The molecule has 0 unspecified atom stereocenters. The van der Waals surface area contributed by atoms with E-state index in [9.17, 15) is 0 Å². The first-order valence-electron chi connectivity index (χ1n) is 2.72. The van der Waals surface area contributed by atoms with Gasteiger partial charge in [0.25, 0.3) is 0 Å². The number of hydrogen-bond acceptors (Lipinski definition) is 0. The van der Waals surface area contributed by atoms with Crippen molar-refractivity contribution in [1.29, 1.82) is 0 Å². The van der Waals surface area contributed by atoms with Gasteiger partial charge in [-0.3, -0.25) is 0 Å². The van der Waals surface area contributed by atoms with Gasteiger partial charge in [0.1, 0.15) is 0 Å². The van der Waals surface area contributed by atoms with Crippen LogP contribution in [0.4, 0.5) is 0 Å². The SMILES string of the molecule is [CH2-]C1CCCC1.[Y].[Y].[Y]. The molecule has 1 rings (SSSR count). The van der Waals surface area contributed by atoms with Crippen LogP contribution >= 0.6 is 0 Å². The van der Waals surface area contributed by atoms with Crippen LogP contribution in [-0.4, -0.2) is 0 Å². The van der Waals surface area contributed by atoms with Crippen LogP contribution in [-0.2, 0) is 98.1 Å². The maximum absolute atomic E-state index is 3.94. The van der Waals surface area contributed by atoms with Gasteiger partial charge in [-0.2, -0.15) is 5.92 Å². The van der Waals surface area contributed by atoms with Gasteiger partial charge in [-0.25, -0.2) is 0 Å². The molecule has 1 fully saturated rings. The van der Waals surface area contributed by atoms with E-state index in [4.69, 9.17) is 0 Å². The van der Waals surface area contributed by atoms with E-state index in [0.29, 0.717) is 0 Å². The van der Waals surface area contributed by atoms with Gasteiger partial charge < -0.3 is 6.92 Å². The molecule has 0 atom stereocenters. The molecule has 0 bridgehead atoms. The van der Waals surface area contributed by atoms with E-state index in [1.807, 2.05) is 0 Å². The van der Waals surface area contributed by atoms with Crippen molar-refractivity contribution in [3.8, 4) is 0 Å². The molecule has 45 valence electrons. The van der Waals surface area contributed by atoms with Crippen molar-refractivity contribution in [2.45, 2.75) is 25.7 Å². The Morgan fingerprint density at radius 3 is 1.33 bits per heavy atom. The van der Waals surface area contributed by atoms with Crippen molar-refractivity contribution in [3.63, 3.8) is 0 Å². The van der Waals surface area contributed by atoms with Crippen LogP contribution in [0.1, 0.15) is 25.7 Å². The van der Waals surface area contributed by atoms with E-state index >= 15 is 0 Å². The van der Waals surface area contributed by atoms with Crippen LogP contribution in [0.3, 0.4) is 0 Å². The largest absolute Gasteiger partial charge is 0.340 e. The maximum atomic E-state index is 3.94. The molecule has 1 aliphatic carbocycles. The summed E-state index contributed by atoms with van der Waals surface area (Å²) in [6.07, 6.45) is 5.60. The third-order valence-electron chi connectivity index (χ3n) is 1.47. The van der Waals surface area contributed by atoms with Gasteiger partial charge in [-0.05, 0) is 0 Å². The van der Waals surface area contributed by atoms with Gasteiger partial charge in [0.2, 0.25) is 0 Å². The summed E-state index contributed by atoms with van der Waals surface area (Å²) in [5.74, 6) is 0.796. The summed E-state index contributed by atoms with van der Waals surface area (Å²) in [6, 6.07) is 0. The Hall–Kier alpha value is 3.31. The molecular formula is C6H11Y3-. The van der Waals surface area contributed by atoms with Gasteiger partial charge in [0.15, 0.2) is 0 Å². The van der Waals surface area contributed by atoms with Gasteiger partial charge in [-0.15, -0.1) is 0 Å². The van der Waals surface area contributed by atoms with Crippen LogP contribution in [0.25, 0.3) is 0 Å². The second-order valence-electron chi connectivity index (χ2n) is 2.15. The van der Waals surface area contributed by atoms with Crippen molar-refractivity contribution >= 4 is 0 Å². The predicted octanol–water partition coefficient (Wildman–Crippen LogP) is 2.00. The minimum atomic E-state index is 0. The third kappa shape index (κ3) is 9.22.